The second-order valence-electron chi connectivity index (χ2n) is 10.3. The van der Waals surface area contributed by atoms with Crippen LogP contribution in [0.5, 0.6) is 0 Å². The number of nitrogens with zero attached hydrogens (tertiary/aromatic N) is 3. The Bertz CT molecular complexity index is 1260. The first-order valence-corrected chi connectivity index (χ1v) is 16.0. The molecule has 3 N–H and O–H groups in total. The SMILES string of the molecule is C=CC(=O)Nc1cccc(Nc2cnc3c(n2)c(C(=O)NC2CCC2)cn3COCC[Si](C)(C)C)c1. The van der Waals surface area contributed by atoms with Crippen molar-refractivity contribution in [3.63, 3.8) is 0 Å². The number of rotatable bonds is 11. The number of benzene rings is 1. The summed E-state index contributed by atoms with van der Waals surface area (Å²) in [5.41, 5.74) is 2.94. The molecule has 1 saturated carbocycles. The third kappa shape index (κ3) is 6.58. The highest BCUT2D eigenvalue weighted by Gasteiger charge is 2.24. The van der Waals surface area contributed by atoms with Crippen LogP contribution in [0.4, 0.5) is 17.2 Å². The molecule has 0 bridgehead atoms. The summed E-state index contributed by atoms with van der Waals surface area (Å²) in [6, 6.07) is 8.52. The van der Waals surface area contributed by atoms with Crippen molar-refractivity contribution in [3.05, 3.63) is 54.9 Å². The molecule has 0 radical (unpaired) electrons. The average Bonchev–Trinajstić information content (AvgIpc) is 3.16. The summed E-state index contributed by atoms with van der Waals surface area (Å²) < 4.78 is 7.78. The van der Waals surface area contributed by atoms with Crippen molar-refractivity contribution in [2.75, 3.05) is 17.2 Å². The Hall–Kier alpha value is -3.50. The maximum Gasteiger partial charge on any atom is 0.255 e. The molecule has 0 unspecified atom stereocenters. The van der Waals surface area contributed by atoms with Crippen LogP contribution in [0.15, 0.2) is 49.3 Å². The minimum Gasteiger partial charge on any atom is -0.361 e. The Morgan fingerprint density at radius 1 is 1.25 bits per heavy atom. The van der Waals surface area contributed by atoms with Crippen LogP contribution in [-0.2, 0) is 16.3 Å². The number of carbonyl (C=O) groups is 2. The largest absolute Gasteiger partial charge is 0.361 e. The molecule has 0 spiro atoms. The van der Waals surface area contributed by atoms with Gasteiger partial charge in [-0.05, 0) is 49.6 Å². The van der Waals surface area contributed by atoms with Gasteiger partial charge in [-0.2, -0.15) is 0 Å². The van der Waals surface area contributed by atoms with Gasteiger partial charge in [-0.1, -0.05) is 32.3 Å². The number of amides is 2. The van der Waals surface area contributed by atoms with Crippen LogP contribution in [-0.4, -0.2) is 47.1 Å². The summed E-state index contributed by atoms with van der Waals surface area (Å²) in [5, 5.41) is 9.06. The van der Waals surface area contributed by atoms with Gasteiger partial charge in [-0.25, -0.2) is 9.97 Å². The molecule has 2 aromatic heterocycles. The number of ether oxygens (including phenoxy) is 1. The molecule has 0 atom stereocenters. The molecule has 190 valence electrons. The normalized spacial score (nSPS) is 13.8. The molecule has 2 amide bonds. The highest BCUT2D eigenvalue weighted by Crippen LogP contribution is 2.25. The number of aromatic nitrogens is 3. The van der Waals surface area contributed by atoms with Gasteiger partial charge in [0.05, 0.1) is 11.8 Å². The van der Waals surface area contributed by atoms with E-state index in [0.29, 0.717) is 41.6 Å². The first-order chi connectivity index (χ1) is 17.2. The van der Waals surface area contributed by atoms with Crippen LogP contribution in [0, 0.1) is 0 Å². The summed E-state index contributed by atoms with van der Waals surface area (Å²) in [6.45, 7) is 11.4. The molecule has 1 aliphatic carbocycles. The molecule has 9 nitrogen and oxygen atoms in total. The number of anilines is 3. The number of fused-ring (bicyclic) bond motifs is 1. The van der Waals surface area contributed by atoms with E-state index in [0.717, 1.165) is 31.0 Å². The van der Waals surface area contributed by atoms with Gasteiger partial charge in [0.25, 0.3) is 5.91 Å². The molecule has 1 aromatic carbocycles. The Morgan fingerprint density at radius 3 is 2.72 bits per heavy atom. The molecule has 0 aliphatic heterocycles. The zero-order chi connectivity index (χ0) is 25.7. The standard InChI is InChI=1S/C26H34N6O3Si/c1-5-23(33)29-20-11-7-10-19(14-20)28-22-15-27-25-24(31-22)21(26(34)30-18-8-6-9-18)16-32(25)17-35-12-13-36(2,3)4/h5,7,10-11,14-16,18H,1,6,8-9,12-13,17H2,2-4H3,(H,28,31)(H,29,33)(H,30,34). The molecule has 4 rings (SSSR count). The van der Waals surface area contributed by atoms with Crippen molar-refractivity contribution >= 4 is 48.2 Å². The number of hydrogen-bond donors (Lipinski definition) is 3. The second-order valence-corrected chi connectivity index (χ2v) is 15.9. The average molecular weight is 507 g/mol. The van der Waals surface area contributed by atoms with E-state index in [1.807, 2.05) is 16.7 Å². The van der Waals surface area contributed by atoms with Gasteiger partial charge in [0.1, 0.15) is 18.1 Å². The third-order valence-corrected chi connectivity index (χ3v) is 7.77. The first kappa shape index (κ1) is 25.6. The molecular weight excluding hydrogens is 472 g/mol. The lowest BCUT2D eigenvalue weighted by Gasteiger charge is -2.26. The predicted octanol–water partition coefficient (Wildman–Crippen LogP) is 4.89. The van der Waals surface area contributed by atoms with Crippen molar-refractivity contribution in [2.24, 2.45) is 0 Å². The van der Waals surface area contributed by atoms with Crippen LogP contribution < -0.4 is 16.0 Å². The fourth-order valence-corrected chi connectivity index (χ4v) is 4.51. The van der Waals surface area contributed by atoms with E-state index in [9.17, 15) is 9.59 Å². The molecule has 10 heteroatoms. The van der Waals surface area contributed by atoms with Crippen molar-refractivity contribution in [1.29, 1.82) is 0 Å². The molecule has 1 aliphatic rings. The van der Waals surface area contributed by atoms with E-state index < -0.39 is 8.07 Å². The van der Waals surface area contributed by atoms with E-state index >= 15 is 0 Å². The monoisotopic (exact) mass is 506 g/mol. The van der Waals surface area contributed by atoms with Crippen LogP contribution in [0.1, 0.15) is 29.6 Å². The fraction of sp³-hybridized carbons (Fsp3) is 0.385. The van der Waals surface area contributed by atoms with Gasteiger partial charge in [0.2, 0.25) is 5.91 Å². The Labute approximate surface area is 212 Å². The van der Waals surface area contributed by atoms with Gasteiger partial charge in [-0.3, -0.25) is 9.59 Å². The minimum absolute atomic E-state index is 0.147. The number of hydrogen-bond acceptors (Lipinski definition) is 6. The van der Waals surface area contributed by atoms with Crippen molar-refractivity contribution in [2.45, 2.75) is 57.7 Å². The summed E-state index contributed by atoms with van der Waals surface area (Å²) in [5.74, 6) is 0.0554. The lowest BCUT2D eigenvalue weighted by molar-refractivity contribution is -0.111. The maximum absolute atomic E-state index is 13.1. The minimum atomic E-state index is -1.20. The van der Waals surface area contributed by atoms with E-state index in [4.69, 9.17) is 9.72 Å². The Kier molecular flexibility index (Phi) is 7.85. The topological polar surface area (TPSA) is 110 Å². The molecule has 1 fully saturated rings. The molecule has 36 heavy (non-hydrogen) atoms. The van der Waals surface area contributed by atoms with E-state index in [1.54, 1.807) is 24.5 Å². The summed E-state index contributed by atoms with van der Waals surface area (Å²) in [7, 11) is -1.20. The Balaban J connectivity index is 1.57. The van der Waals surface area contributed by atoms with Crippen molar-refractivity contribution < 1.29 is 14.3 Å². The van der Waals surface area contributed by atoms with Crippen LogP contribution >= 0.6 is 0 Å². The van der Waals surface area contributed by atoms with Gasteiger partial charge in [0, 0.05) is 38.3 Å². The van der Waals surface area contributed by atoms with Crippen molar-refractivity contribution in [3.8, 4) is 0 Å². The highest BCUT2D eigenvalue weighted by molar-refractivity contribution is 6.76. The molecule has 0 saturated heterocycles. The van der Waals surface area contributed by atoms with Crippen LogP contribution in [0.25, 0.3) is 11.2 Å². The first-order valence-electron chi connectivity index (χ1n) is 12.3. The van der Waals surface area contributed by atoms with Crippen molar-refractivity contribution in [1.82, 2.24) is 19.9 Å². The quantitative estimate of drug-likeness (QED) is 0.194. The molecular formula is C26H34N6O3Si. The lowest BCUT2D eigenvalue weighted by atomic mass is 9.93. The zero-order valence-electron chi connectivity index (χ0n) is 21.1. The van der Waals surface area contributed by atoms with Gasteiger partial charge in [0.15, 0.2) is 5.65 Å². The molecule has 2 heterocycles. The van der Waals surface area contributed by atoms with Gasteiger partial charge >= 0.3 is 0 Å². The lowest BCUT2D eigenvalue weighted by Crippen LogP contribution is -2.39. The van der Waals surface area contributed by atoms with E-state index in [1.165, 1.54) is 6.08 Å². The summed E-state index contributed by atoms with van der Waals surface area (Å²) in [4.78, 5) is 34.1. The highest BCUT2D eigenvalue weighted by atomic mass is 28.3. The van der Waals surface area contributed by atoms with Crippen LogP contribution in [0.3, 0.4) is 0 Å². The number of nitrogens with one attached hydrogen (secondary N) is 3. The zero-order valence-corrected chi connectivity index (χ0v) is 22.1. The van der Waals surface area contributed by atoms with E-state index in [-0.39, 0.29) is 17.9 Å². The van der Waals surface area contributed by atoms with E-state index in [2.05, 4.69) is 47.2 Å². The van der Waals surface area contributed by atoms with Crippen LogP contribution in [0.2, 0.25) is 25.7 Å². The van der Waals surface area contributed by atoms with Gasteiger partial charge in [-0.15, -0.1) is 0 Å². The fourth-order valence-electron chi connectivity index (χ4n) is 3.75. The number of carbonyl (C=O) groups excluding carboxylic acids is 2. The second kappa shape index (κ2) is 11.0. The molecule has 3 aromatic rings. The Morgan fingerprint density at radius 2 is 2.03 bits per heavy atom. The summed E-state index contributed by atoms with van der Waals surface area (Å²) >= 11 is 0. The maximum atomic E-state index is 13.1. The summed E-state index contributed by atoms with van der Waals surface area (Å²) in [6.07, 6.45) is 7.77. The predicted molar refractivity (Wildman–Crippen MR) is 145 cm³/mol. The smallest absolute Gasteiger partial charge is 0.255 e. The van der Waals surface area contributed by atoms with Gasteiger partial charge < -0.3 is 25.3 Å². The third-order valence-electron chi connectivity index (χ3n) is 6.06.